The molecule has 1 aromatic rings. The highest BCUT2D eigenvalue weighted by Gasteiger charge is 2.42. The van der Waals surface area contributed by atoms with Crippen molar-refractivity contribution in [3.8, 4) is 5.75 Å². The molecule has 9 nitrogen and oxygen atoms in total. The van der Waals surface area contributed by atoms with Crippen molar-refractivity contribution >= 4 is 23.5 Å². The van der Waals surface area contributed by atoms with Crippen LogP contribution in [-0.4, -0.2) is 36.0 Å². The van der Waals surface area contributed by atoms with Crippen LogP contribution in [0.3, 0.4) is 0 Å². The number of non-ortho nitro benzene ring substituents is 1. The van der Waals surface area contributed by atoms with Crippen LogP contribution in [0, 0.1) is 21.4 Å². The van der Waals surface area contributed by atoms with Gasteiger partial charge in [0, 0.05) is 23.6 Å². The average molecular weight is 350 g/mol. The molecule has 1 aliphatic heterocycles. The number of hydrogen-bond acceptors (Lipinski definition) is 8. The van der Waals surface area contributed by atoms with Crippen LogP contribution in [0.1, 0.15) is 31.7 Å². The molecule has 0 saturated carbocycles. The van der Waals surface area contributed by atoms with E-state index in [9.17, 15) is 19.7 Å². The third-order valence-electron chi connectivity index (χ3n) is 3.74. The fourth-order valence-electron chi connectivity index (χ4n) is 2.71. The molecule has 1 aromatic carbocycles. The molecule has 9 heteroatoms. The largest absolute Gasteiger partial charge is 0.481 e. The minimum absolute atomic E-state index is 0.0910. The van der Waals surface area contributed by atoms with Gasteiger partial charge in [-0.1, -0.05) is 0 Å². The first kappa shape index (κ1) is 18.4. The Hall–Kier alpha value is -2.97. The Morgan fingerprint density at radius 1 is 1.40 bits per heavy atom. The molecule has 0 aromatic heterocycles. The summed E-state index contributed by atoms with van der Waals surface area (Å²) < 4.78 is 15.3. The first-order valence-corrected chi connectivity index (χ1v) is 7.75. The number of nitrogens with one attached hydrogen (secondary N) is 1. The molecule has 1 aliphatic rings. The van der Waals surface area contributed by atoms with Gasteiger partial charge in [0.2, 0.25) is 0 Å². The van der Waals surface area contributed by atoms with Crippen molar-refractivity contribution in [2.24, 2.45) is 5.92 Å². The van der Waals surface area contributed by atoms with Crippen molar-refractivity contribution in [2.75, 3.05) is 13.2 Å². The summed E-state index contributed by atoms with van der Waals surface area (Å²) in [5.41, 5.74) is 0.101. The SMILES string of the molecule is CCOC(=N)C(C(=O)OCC)C1CC(=O)Oc2ccc([N+](=O)[O-])cc21. The first-order chi connectivity index (χ1) is 11.9. The predicted molar refractivity (Wildman–Crippen MR) is 85.6 cm³/mol. The van der Waals surface area contributed by atoms with Crippen LogP contribution < -0.4 is 4.74 Å². The summed E-state index contributed by atoms with van der Waals surface area (Å²) in [6.45, 7) is 3.53. The molecule has 2 atom stereocenters. The number of ether oxygens (including phenoxy) is 3. The number of nitro benzene ring substituents is 1. The first-order valence-electron chi connectivity index (χ1n) is 7.75. The Morgan fingerprint density at radius 2 is 2.08 bits per heavy atom. The van der Waals surface area contributed by atoms with E-state index in [1.807, 2.05) is 0 Å². The number of nitro groups is 1. The zero-order valence-electron chi connectivity index (χ0n) is 13.8. The molecule has 0 bridgehead atoms. The quantitative estimate of drug-likeness (QED) is 0.208. The number of benzene rings is 1. The van der Waals surface area contributed by atoms with Gasteiger partial charge in [-0.05, 0) is 19.9 Å². The Balaban J connectivity index is 2.51. The molecule has 2 rings (SSSR count). The second-order valence-corrected chi connectivity index (χ2v) is 5.29. The van der Waals surface area contributed by atoms with Crippen molar-refractivity contribution < 1.29 is 28.7 Å². The molecule has 0 saturated heterocycles. The molecule has 0 spiro atoms. The molecule has 0 amide bonds. The van der Waals surface area contributed by atoms with Crippen molar-refractivity contribution in [1.82, 2.24) is 0 Å². The highest BCUT2D eigenvalue weighted by molar-refractivity contribution is 5.98. The van der Waals surface area contributed by atoms with Gasteiger partial charge in [0.15, 0.2) is 5.90 Å². The summed E-state index contributed by atoms with van der Waals surface area (Å²) in [6.07, 6.45) is -0.215. The van der Waals surface area contributed by atoms with Gasteiger partial charge < -0.3 is 14.2 Å². The maximum Gasteiger partial charge on any atom is 0.319 e. The fraction of sp³-hybridized carbons (Fsp3) is 0.438. The maximum atomic E-state index is 12.4. The maximum absolute atomic E-state index is 12.4. The lowest BCUT2D eigenvalue weighted by molar-refractivity contribution is -0.385. The molecular formula is C16H18N2O7. The van der Waals surface area contributed by atoms with Crippen molar-refractivity contribution in [3.05, 3.63) is 33.9 Å². The summed E-state index contributed by atoms with van der Waals surface area (Å²) >= 11 is 0. The molecular weight excluding hydrogens is 332 g/mol. The van der Waals surface area contributed by atoms with E-state index in [0.29, 0.717) is 5.56 Å². The van der Waals surface area contributed by atoms with Crippen LogP contribution >= 0.6 is 0 Å². The molecule has 0 radical (unpaired) electrons. The summed E-state index contributed by atoms with van der Waals surface area (Å²) in [5, 5.41) is 19.1. The summed E-state index contributed by atoms with van der Waals surface area (Å²) in [5.74, 6) is -3.56. The van der Waals surface area contributed by atoms with Gasteiger partial charge in [-0.15, -0.1) is 0 Å². The second kappa shape index (κ2) is 7.73. The third-order valence-corrected chi connectivity index (χ3v) is 3.74. The normalized spacial score (nSPS) is 17.0. The van der Waals surface area contributed by atoms with Crippen LogP contribution in [0.25, 0.3) is 0 Å². The van der Waals surface area contributed by atoms with E-state index >= 15 is 0 Å². The van der Waals surface area contributed by atoms with Crippen molar-refractivity contribution in [2.45, 2.75) is 26.2 Å². The lowest BCUT2D eigenvalue weighted by Gasteiger charge is -2.29. The molecule has 0 fully saturated rings. The minimum Gasteiger partial charge on any atom is -0.481 e. The summed E-state index contributed by atoms with van der Waals surface area (Å²) in [7, 11) is 0. The molecule has 0 aliphatic carbocycles. The lowest BCUT2D eigenvalue weighted by atomic mass is 9.81. The number of rotatable bonds is 6. The van der Waals surface area contributed by atoms with E-state index < -0.39 is 28.7 Å². The predicted octanol–water partition coefficient (Wildman–Crippen LogP) is 2.18. The topological polar surface area (TPSA) is 129 Å². The van der Waals surface area contributed by atoms with Gasteiger partial charge in [-0.25, -0.2) is 0 Å². The number of carbonyl (C=O) groups is 2. The molecule has 134 valence electrons. The molecule has 25 heavy (non-hydrogen) atoms. The Kier molecular flexibility index (Phi) is 5.68. The van der Waals surface area contributed by atoms with Crippen LogP contribution in [0.4, 0.5) is 5.69 Å². The van der Waals surface area contributed by atoms with Gasteiger partial charge in [0.25, 0.3) is 5.69 Å². The van der Waals surface area contributed by atoms with Gasteiger partial charge in [-0.2, -0.15) is 0 Å². The average Bonchev–Trinajstić information content (AvgIpc) is 2.55. The highest BCUT2D eigenvalue weighted by Crippen LogP contribution is 2.41. The van der Waals surface area contributed by atoms with E-state index in [4.69, 9.17) is 19.6 Å². The Bertz CT molecular complexity index is 698. The number of esters is 2. The summed E-state index contributed by atoms with van der Waals surface area (Å²) in [4.78, 5) is 34.7. The van der Waals surface area contributed by atoms with E-state index in [0.717, 1.165) is 0 Å². The fourth-order valence-corrected chi connectivity index (χ4v) is 2.71. The van der Waals surface area contributed by atoms with Crippen LogP contribution in [-0.2, 0) is 19.1 Å². The monoisotopic (exact) mass is 350 g/mol. The smallest absolute Gasteiger partial charge is 0.319 e. The zero-order chi connectivity index (χ0) is 18.6. The summed E-state index contributed by atoms with van der Waals surface area (Å²) in [6, 6.07) is 3.77. The van der Waals surface area contributed by atoms with Crippen LogP contribution in [0.2, 0.25) is 0 Å². The number of fused-ring (bicyclic) bond motifs is 1. The van der Waals surface area contributed by atoms with E-state index in [1.165, 1.54) is 18.2 Å². The van der Waals surface area contributed by atoms with Crippen molar-refractivity contribution in [3.63, 3.8) is 0 Å². The standard InChI is InChI=1S/C16H18N2O7/c1-3-23-15(17)14(16(20)24-4-2)11-8-13(19)25-12-6-5-9(18(21)22)7-10(11)12/h5-7,11,14,17H,3-4,8H2,1-2H3. The number of carbonyl (C=O) groups excluding carboxylic acids is 2. The lowest BCUT2D eigenvalue weighted by Crippen LogP contribution is -2.36. The van der Waals surface area contributed by atoms with Gasteiger partial charge in [0.05, 0.1) is 24.6 Å². The molecule has 1 N–H and O–H groups in total. The number of hydrogen-bond donors (Lipinski definition) is 1. The zero-order valence-corrected chi connectivity index (χ0v) is 13.8. The minimum atomic E-state index is -1.19. The molecule has 1 heterocycles. The van der Waals surface area contributed by atoms with E-state index in [2.05, 4.69) is 0 Å². The van der Waals surface area contributed by atoms with E-state index in [1.54, 1.807) is 13.8 Å². The van der Waals surface area contributed by atoms with Crippen LogP contribution in [0.15, 0.2) is 18.2 Å². The van der Waals surface area contributed by atoms with Crippen molar-refractivity contribution in [1.29, 1.82) is 5.41 Å². The van der Waals surface area contributed by atoms with E-state index in [-0.39, 0.29) is 37.0 Å². The van der Waals surface area contributed by atoms with Gasteiger partial charge in [-0.3, -0.25) is 25.1 Å². The Morgan fingerprint density at radius 3 is 2.68 bits per heavy atom. The second-order valence-electron chi connectivity index (χ2n) is 5.29. The van der Waals surface area contributed by atoms with Gasteiger partial charge in [0.1, 0.15) is 11.7 Å². The third kappa shape index (κ3) is 3.93. The highest BCUT2D eigenvalue weighted by atomic mass is 16.6. The Labute approximate surface area is 143 Å². The molecule has 2 unspecified atom stereocenters. The number of nitrogens with zero attached hydrogens (tertiary/aromatic N) is 1. The van der Waals surface area contributed by atoms with Gasteiger partial charge >= 0.3 is 11.9 Å². The van der Waals surface area contributed by atoms with Crippen LogP contribution in [0.5, 0.6) is 5.75 Å².